The Kier molecular flexibility index (Phi) is 6.29. The summed E-state index contributed by atoms with van der Waals surface area (Å²) in [4.78, 5) is 20.6. The van der Waals surface area contributed by atoms with E-state index in [-0.39, 0.29) is 5.91 Å². The molecule has 1 amide bonds. The molecule has 2 heterocycles. The Morgan fingerprint density at radius 3 is 2.50 bits per heavy atom. The van der Waals surface area contributed by atoms with Crippen LogP contribution in [0.3, 0.4) is 0 Å². The smallest absolute Gasteiger partial charge is 0.258 e. The van der Waals surface area contributed by atoms with E-state index >= 15 is 0 Å². The van der Waals surface area contributed by atoms with Crippen LogP contribution in [-0.2, 0) is 0 Å². The third-order valence-corrected chi connectivity index (χ3v) is 4.50. The molecule has 1 N–H and O–H groups in total. The minimum atomic E-state index is -0.322. The summed E-state index contributed by atoms with van der Waals surface area (Å²) in [6.45, 7) is 4.00. The number of oxazole rings is 1. The van der Waals surface area contributed by atoms with E-state index in [1.807, 2.05) is 26.0 Å². The van der Waals surface area contributed by atoms with Crippen molar-refractivity contribution in [1.29, 1.82) is 0 Å². The number of fused-ring (bicyclic) bond motifs is 1. The Labute approximate surface area is 172 Å². The minimum Gasteiger partial charge on any atom is -0.443 e. The molecule has 0 atom stereocenters. The maximum absolute atomic E-state index is 12.3. The quantitative estimate of drug-likeness (QED) is 0.417. The molecule has 5 nitrogen and oxygen atoms in total. The summed E-state index contributed by atoms with van der Waals surface area (Å²) >= 11 is 12.4. The molecule has 28 heavy (non-hydrogen) atoms. The van der Waals surface area contributed by atoms with Crippen LogP contribution in [0.4, 0.5) is 5.82 Å². The van der Waals surface area contributed by atoms with Crippen molar-refractivity contribution in [3.05, 3.63) is 76.7 Å². The van der Waals surface area contributed by atoms with Gasteiger partial charge in [-0.3, -0.25) is 4.79 Å². The fourth-order valence-corrected chi connectivity index (χ4v) is 3.04. The Balaban J connectivity index is 0.00000109. The zero-order valence-electron chi connectivity index (χ0n) is 15.2. The van der Waals surface area contributed by atoms with Crippen molar-refractivity contribution in [2.24, 2.45) is 0 Å². The van der Waals surface area contributed by atoms with E-state index in [1.165, 1.54) is 6.39 Å². The second-order valence-electron chi connectivity index (χ2n) is 5.52. The molecule has 2 aromatic carbocycles. The van der Waals surface area contributed by atoms with E-state index in [0.29, 0.717) is 32.5 Å². The first-order valence-electron chi connectivity index (χ1n) is 8.67. The van der Waals surface area contributed by atoms with E-state index in [1.54, 1.807) is 42.6 Å². The van der Waals surface area contributed by atoms with E-state index in [2.05, 4.69) is 15.3 Å². The third kappa shape index (κ3) is 4.16. The van der Waals surface area contributed by atoms with E-state index in [4.69, 9.17) is 27.6 Å². The number of nitrogens with one attached hydrogen (secondary N) is 1. The monoisotopic (exact) mass is 413 g/mol. The van der Waals surface area contributed by atoms with Crippen molar-refractivity contribution in [3.8, 4) is 11.1 Å². The number of carbonyl (C=O) groups excluding carboxylic acids is 1. The van der Waals surface area contributed by atoms with E-state index in [0.717, 1.165) is 11.1 Å². The standard InChI is InChI=1S/C19H11Cl2N3O2.C2H6/c20-14-4-2-1-3-12(14)19(25)24-18-6-5-11(9-22-18)13-7-17-16(8-15(13)21)23-10-26-17;1-2/h1-10H,(H,22,24,25);1-2H3. The Bertz CT molecular complexity index is 1110. The highest BCUT2D eigenvalue weighted by molar-refractivity contribution is 6.34. The highest BCUT2D eigenvalue weighted by Crippen LogP contribution is 2.32. The molecule has 0 unspecified atom stereocenters. The molecule has 0 saturated heterocycles. The van der Waals surface area contributed by atoms with Gasteiger partial charge in [0.25, 0.3) is 5.91 Å². The number of aromatic nitrogens is 2. The van der Waals surface area contributed by atoms with Crippen molar-refractivity contribution in [2.45, 2.75) is 13.8 Å². The minimum absolute atomic E-state index is 0.322. The van der Waals surface area contributed by atoms with E-state index < -0.39 is 0 Å². The highest BCUT2D eigenvalue weighted by Gasteiger charge is 2.12. The van der Waals surface area contributed by atoms with E-state index in [9.17, 15) is 4.79 Å². The van der Waals surface area contributed by atoms with Crippen LogP contribution in [0, 0.1) is 0 Å². The van der Waals surface area contributed by atoms with Crippen molar-refractivity contribution in [2.75, 3.05) is 5.32 Å². The van der Waals surface area contributed by atoms with Gasteiger partial charge in [-0.05, 0) is 36.4 Å². The van der Waals surface area contributed by atoms with Crippen LogP contribution in [0.5, 0.6) is 0 Å². The molecule has 2 aromatic heterocycles. The lowest BCUT2D eigenvalue weighted by Gasteiger charge is -2.08. The maximum Gasteiger partial charge on any atom is 0.258 e. The summed E-state index contributed by atoms with van der Waals surface area (Å²) in [6, 6.07) is 13.9. The molecule has 4 aromatic rings. The molecule has 4 rings (SSSR count). The predicted molar refractivity (Wildman–Crippen MR) is 113 cm³/mol. The number of anilines is 1. The molecule has 0 aliphatic heterocycles. The topological polar surface area (TPSA) is 68.0 Å². The number of benzene rings is 2. The molecule has 0 radical (unpaired) electrons. The SMILES string of the molecule is CC.O=C(Nc1ccc(-c2cc3ocnc3cc2Cl)cn1)c1ccccc1Cl. The molecular formula is C21H17Cl2N3O2. The van der Waals surface area contributed by atoms with Gasteiger partial charge in [0.1, 0.15) is 11.3 Å². The number of pyridine rings is 1. The Morgan fingerprint density at radius 1 is 1.00 bits per heavy atom. The van der Waals surface area contributed by atoms with Gasteiger partial charge in [-0.1, -0.05) is 49.2 Å². The molecule has 0 saturated carbocycles. The molecule has 0 aliphatic carbocycles. The predicted octanol–water partition coefficient (Wildman–Crippen LogP) is 6.48. The fourth-order valence-electron chi connectivity index (χ4n) is 2.56. The summed E-state index contributed by atoms with van der Waals surface area (Å²) in [5, 5.41) is 3.65. The molecule has 7 heteroatoms. The lowest BCUT2D eigenvalue weighted by molar-refractivity contribution is 0.102. The van der Waals surface area contributed by atoms with Gasteiger partial charge in [-0.25, -0.2) is 9.97 Å². The van der Waals surface area contributed by atoms with Crippen molar-refractivity contribution in [1.82, 2.24) is 9.97 Å². The van der Waals surface area contributed by atoms with Gasteiger partial charge in [0, 0.05) is 17.3 Å². The number of carbonyl (C=O) groups is 1. The first-order valence-corrected chi connectivity index (χ1v) is 9.42. The zero-order valence-corrected chi connectivity index (χ0v) is 16.8. The van der Waals surface area contributed by atoms with Crippen molar-refractivity contribution < 1.29 is 9.21 Å². The largest absolute Gasteiger partial charge is 0.443 e. The molecule has 142 valence electrons. The van der Waals surface area contributed by atoms with Crippen LogP contribution in [0.1, 0.15) is 24.2 Å². The molecule has 0 spiro atoms. The van der Waals surface area contributed by atoms with Gasteiger partial charge in [0.05, 0.1) is 15.6 Å². The maximum atomic E-state index is 12.3. The van der Waals surface area contributed by atoms with Crippen LogP contribution in [0.25, 0.3) is 22.2 Å². The third-order valence-electron chi connectivity index (χ3n) is 3.85. The van der Waals surface area contributed by atoms with Crippen LogP contribution in [0.2, 0.25) is 10.0 Å². The molecule has 0 aliphatic rings. The molecular weight excluding hydrogens is 397 g/mol. The summed E-state index contributed by atoms with van der Waals surface area (Å²) < 4.78 is 5.31. The normalized spacial score (nSPS) is 10.3. The number of halogens is 2. The average Bonchev–Trinajstić information content (AvgIpc) is 3.17. The molecule has 0 fully saturated rings. The number of rotatable bonds is 3. The number of nitrogens with zero attached hydrogens (tertiary/aromatic N) is 2. The fraction of sp³-hybridized carbons (Fsp3) is 0.0952. The summed E-state index contributed by atoms with van der Waals surface area (Å²) in [5.74, 6) is 0.0903. The Hall–Kier alpha value is -2.89. The summed E-state index contributed by atoms with van der Waals surface area (Å²) in [6.07, 6.45) is 3.00. The number of amides is 1. The first-order chi connectivity index (χ1) is 13.6. The van der Waals surface area contributed by atoms with Crippen molar-refractivity contribution >= 4 is 46.0 Å². The summed E-state index contributed by atoms with van der Waals surface area (Å²) in [7, 11) is 0. The van der Waals surface area contributed by atoms with Gasteiger partial charge in [0.2, 0.25) is 0 Å². The van der Waals surface area contributed by atoms with Crippen molar-refractivity contribution in [3.63, 3.8) is 0 Å². The van der Waals surface area contributed by atoms with Crippen LogP contribution < -0.4 is 5.32 Å². The highest BCUT2D eigenvalue weighted by atomic mass is 35.5. The second kappa shape index (κ2) is 8.87. The van der Waals surface area contributed by atoms with Crippen LogP contribution in [-0.4, -0.2) is 15.9 Å². The Morgan fingerprint density at radius 2 is 1.79 bits per heavy atom. The van der Waals surface area contributed by atoms with Gasteiger partial charge in [-0.2, -0.15) is 0 Å². The average molecular weight is 414 g/mol. The number of hydrogen-bond donors (Lipinski definition) is 1. The summed E-state index contributed by atoms with van der Waals surface area (Å²) in [5.41, 5.74) is 3.28. The van der Waals surface area contributed by atoms with Crippen LogP contribution >= 0.6 is 23.2 Å². The first kappa shape index (κ1) is 19.9. The zero-order chi connectivity index (χ0) is 20.1. The van der Waals surface area contributed by atoms with Gasteiger partial charge in [-0.15, -0.1) is 0 Å². The lowest BCUT2D eigenvalue weighted by Crippen LogP contribution is -2.13. The van der Waals surface area contributed by atoms with Gasteiger partial charge >= 0.3 is 0 Å². The van der Waals surface area contributed by atoms with Gasteiger partial charge in [0.15, 0.2) is 12.0 Å². The van der Waals surface area contributed by atoms with Crippen LogP contribution in [0.15, 0.2) is 65.5 Å². The molecule has 0 bridgehead atoms. The lowest BCUT2D eigenvalue weighted by atomic mass is 10.1. The second-order valence-corrected chi connectivity index (χ2v) is 6.33. The van der Waals surface area contributed by atoms with Gasteiger partial charge < -0.3 is 9.73 Å². The number of hydrogen-bond acceptors (Lipinski definition) is 4.